The second kappa shape index (κ2) is 7.75. The number of hydrogen-bond donors (Lipinski definition) is 2. The summed E-state index contributed by atoms with van der Waals surface area (Å²) in [5, 5.41) is 14.7. The van der Waals surface area contributed by atoms with Crippen LogP contribution >= 0.6 is 0 Å². The number of nitrogens with one attached hydrogen (secondary N) is 2. The summed E-state index contributed by atoms with van der Waals surface area (Å²) in [5.74, 6) is 1.54. The lowest BCUT2D eigenvalue weighted by atomic mass is 10.0. The zero-order valence-corrected chi connectivity index (χ0v) is 14.8. The van der Waals surface area contributed by atoms with Crippen molar-refractivity contribution < 1.29 is 0 Å². The van der Waals surface area contributed by atoms with Gasteiger partial charge in [-0.3, -0.25) is 0 Å². The van der Waals surface area contributed by atoms with Crippen molar-refractivity contribution in [3.05, 3.63) is 65.9 Å². The van der Waals surface area contributed by atoms with Gasteiger partial charge in [0.15, 0.2) is 5.82 Å². The SMILES string of the molecule is CCc1ccc(Nc2cnnc(Nc3ccccc3C(C)C)n2)cc1. The predicted octanol–water partition coefficient (Wildman–Crippen LogP) is 5.04. The molecule has 0 atom stereocenters. The molecule has 0 radical (unpaired) electrons. The predicted molar refractivity (Wildman–Crippen MR) is 103 cm³/mol. The maximum absolute atomic E-state index is 4.51. The van der Waals surface area contributed by atoms with Crippen LogP contribution in [0.1, 0.15) is 37.8 Å². The van der Waals surface area contributed by atoms with Crippen molar-refractivity contribution in [3.8, 4) is 0 Å². The Hall–Kier alpha value is -2.95. The Bertz CT molecular complexity index is 827. The largest absolute Gasteiger partial charge is 0.339 e. The van der Waals surface area contributed by atoms with Gasteiger partial charge in [-0.25, -0.2) is 0 Å². The Morgan fingerprint density at radius 3 is 2.44 bits per heavy atom. The Kier molecular flexibility index (Phi) is 5.23. The molecule has 0 aliphatic heterocycles. The Balaban J connectivity index is 1.77. The normalized spacial score (nSPS) is 10.7. The number of anilines is 4. The Labute approximate surface area is 148 Å². The van der Waals surface area contributed by atoms with E-state index in [1.54, 1.807) is 6.20 Å². The summed E-state index contributed by atoms with van der Waals surface area (Å²) in [6.07, 6.45) is 2.64. The molecule has 0 unspecified atom stereocenters. The summed E-state index contributed by atoms with van der Waals surface area (Å²) >= 11 is 0. The van der Waals surface area contributed by atoms with Crippen LogP contribution in [-0.2, 0) is 6.42 Å². The number of para-hydroxylation sites is 1. The molecule has 2 N–H and O–H groups in total. The molecule has 5 nitrogen and oxygen atoms in total. The maximum atomic E-state index is 4.51. The lowest BCUT2D eigenvalue weighted by Crippen LogP contribution is -2.04. The van der Waals surface area contributed by atoms with Gasteiger partial charge in [-0.05, 0) is 41.7 Å². The second-order valence-electron chi connectivity index (χ2n) is 6.21. The third-order valence-electron chi connectivity index (χ3n) is 4.02. The first kappa shape index (κ1) is 16.9. The molecular formula is C20H23N5. The molecule has 3 aromatic rings. The number of nitrogens with zero attached hydrogens (tertiary/aromatic N) is 3. The molecule has 0 fully saturated rings. The van der Waals surface area contributed by atoms with Crippen LogP contribution in [0.5, 0.6) is 0 Å². The first-order chi connectivity index (χ1) is 12.2. The highest BCUT2D eigenvalue weighted by atomic mass is 15.3. The molecule has 1 heterocycles. The number of hydrogen-bond acceptors (Lipinski definition) is 5. The first-order valence-corrected chi connectivity index (χ1v) is 8.57. The van der Waals surface area contributed by atoms with Gasteiger partial charge < -0.3 is 10.6 Å². The molecule has 0 spiro atoms. The minimum absolute atomic E-state index is 0.412. The summed E-state index contributed by atoms with van der Waals surface area (Å²) in [6, 6.07) is 16.5. The fourth-order valence-electron chi connectivity index (χ4n) is 2.62. The Morgan fingerprint density at radius 2 is 1.72 bits per heavy atom. The summed E-state index contributed by atoms with van der Waals surface area (Å²) in [6.45, 7) is 6.47. The molecule has 128 valence electrons. The van der Waals surface area contributed by atoms with E-state index in [1.165, 1.54) is 11.1 Å². The van der Waals surface area contributed by atoms with Gasteiger partial charge in [0.1, 0.15) is 0 Å². The molecule has 25 heavy (non-hydrogen) atoms. The van der Waals surface area contributed by atoms with Gasteiger partial charge in [-0.2, -0.15) is 10.1 Å². The van der Waals surface area contributed by atoms with E-state index in [2.05, 4.69) is 64.8 Å². The van der Waals surface area contributed by atoms with E-state index in [1.807, 2.05) is 30.3 Å². The number of aryl methyl sites for hydroxylation is 1. The molecular weight excluding hydrogens is 310 g/mol. The number of aromatic nitrogens is 3. The molecule has 3 rings (SSSR count). The molecule has 0 amide bonds. The van der Waals surface area contributed by atoms with E-state index in [4.69, 9.17) is 0 Å². The molecule has 0 bridgehead atoms. The molecule has 0 saturated heterocycles. The van der Waals surface area contributed by atoms with Crippen molar-refractivity contribution in [1.82, 2.24) is 15.2 Å². The minimum Gasteiger partial charge on any atom is -0.339 e. The average Bonchev–Trinajstić information content (AvgIpc) is 2.63. The third kappa shape index (κ3) is 4.32. The quantitative estimate of drug-likeness (QED) is 0.661. The first-order valence-electron chi connectivity index (χ1n) is 8.57. The van der Waals surface area contributed by atoms with Gasteiger partial charge >= 0.3 is 0 Å². The average molecular weight is 333 g/mol. The number of rotatable bonds is 6. The fourth-order valence-corrected chi connectivity index (χ4v) is 2.62. The zero-order valence-electron chi connectivity index (χ0n) is 14.8. The molecule has 0 aliphatic rings. The molecule has 2 aromatic carbocycles. The second-order valence-corrected chi connectivity index (χ2v) is 6.21. The molecule has 0 aliphatic carbocycles. The van der Waals surface area contributed by atoms with Crippen molar-refractivity contribution in [2.45, 2.75) is 33.1 Å². The maximum Gasteiger partial charge on any atom is 0.249 e. The minimum atomic E-state index is 0.412. The van der Waals surface area contributed by atoms with Crippen molar-refractivity contribution in [3.63, 3.8) is 0 Å². The third-order valence-corrected chi connectivity index (χ3v) is 4.02. The van der Waals surface area contributed by atoms with Crippen LogP contribution in [0, 0.1) is 0 Å². The summed E-state index contributed by atoms with van der Waals surface area (Å²) in [5.41, 5.74) is 4.51. The van der Waals surface area contributed by atoms with Gasteiger partial charge in [0.25, 0.3) is 0 Å². The monoisotopic (exact) mass is 333 g/mol. The van der Waals surface area contributed by atoms with Gasteiger partial charge in [0.2, 0.25) is 5.95 Å². The standard InChI is InChI=1S/C20H23N5/c1-4-15-9-11-16(12-10-15)22-19-13-21-25-20(24-19)23-18-8-6-5-7-17(18)14(2)3/h5-14H,4H2,1-3H3,(H2,22,23,24,25). The van der Waals surface area contributed by atoms with Gasteiger partial charge in [-0.1, -0.05) is 51.1 Å². The molecule has 0 saturated carbocycles. The summed E-state index contributed by atoms with van der Waals surface area (Å²) in [4.78, 5) is 4.51. The smallest absolute Gasteiger partial charge is 0.249 e. The van der Waals surface area contributed by atoms with Crippen LogP contribution in [0.3, 0.4) is 0 Å². The fraction of sp³-hybridized carbons (Fsp3) is 0.250. The lowest BCUT2D eigenvalue weighted by Gasteiger charge is -2.13. The van der Waals surface area contributed by atoms with Crippen LogP contribution in [0.2, 0.25) is 0 Å². The van der Waals surface area contributed by atoms with Crippen molar-refractivity contribution in [2.75, 3.05) is 10.6 Å². The summed E-state index contributed by atoms with van der Waals surface area (Å²) in [7, 11) is 0. The van der Waals surface area contributed by atoms with E-state index < -0.39 is 0 Å². The molecule has 5 heteroatoms. The highest BCUT2D eigenvalue weighted by Crippen LogP contribution is 2.26. The van der Waals surface area contributed by atoms with Crippen LogP contribution < -0.4 is 10.6 Å². The molecule has 1 aromatic heterocycles. The van der Waals surface area contributed by atoms with Gasteiger partial charge in [0.05, 0.1) is 6.20 Å². The van der Waals surface area contributed by atoms with Crippen molar-refractivity contribution >= 4 is 23.1 Å². The topological polar surface area (TPSA) is 62.7 Å². The van der Waals surface area contributed by atoms with E-state index in [0.29, 0.717) is 17.7 Å². The van der Waals surface area contributed by atoms with Crippen LogP contribution in [0.15, 0.2) is 54.7 Å². The Morgan fingerprint density at radius 1 is 0.960 bits per heavy atom. The van der Waals surface area contributed by atoms with E-state index in [0.717, 1.165) is 17.8 Å². The van der Waals surface area contributed by atoms with Crippen LogP contribution in [0.4, 0.5) is 23.1 Å². The highest BCUT2D eigenvalue weighted by Gasteiger charge is 2.08. The van der Waals surface area contributed by atoms with E-state index in [9.17, 15) is 0 Å². The van der Waals surface area contributed by atoms with Crippen molar-refractivity contribution in [1.29, 1.82) is 0 Å². The van der Waals surface area contributed by atoms with Crippen LogP contribution in [-0.4, -0.2) is 15.2 Å². The zero-order chi connectivity index (χ0) is 17.6. The summed E-state index contributed by atoms with van der Waals surface area (Å²) < 4.78 is 0. The van der Waals surface area contributed by atoms with Crippen LogP contribution in [0.25, 0.3) is 0 Å². The van der Waals surface area contributed by atoms with Gasteiger partial charge in [-0.15, -0.1) is 5.10 Å². The van der Waals surface area contributed by atoms with E-state index >= 15 is 0 Å². The highest BCUT2D eigenvalue weighted by molar-refractivity contribution is 5.61. The van der Waals surface area contributed by atoms with Crippen molar-refractivity contribution in [2.24, 2.45) is 0 Å². The van der Waals surface area contributed by atoms with Gasteiger partial charge in [0, 0.05) is 11.4 Å². The van der Waals surface area contributed by atoms with E-state index in [-0.39, 0.29) is 0 Å². The number of benzene rings is 2. The lowest BCUT2D eigenvalue weighted by molar-refractivity contribution is 0.867.